The Morgan fingerprint density at radius 1 is 0.450 bits per heavy atom. The van der Waals surface area contributed by atoms with Gasteiger partial charge in [0.1, 0.15) is 0 Å². The van der Waals surface area contributed by atoms with E-state index < -0.39 is 35.9 Å². The van der Waals surface area contributed by atoms with Crippen molar-refractivity contribution in [3.05, 3.63) is 60.7 Å². The Hall–Kier alpha value is -1.95. The van der Waals surface area contributed by atoms with E-state index in [0.717, 1.165) is 0 Å². The average molecular weight is 492 g/mol. The molecule has 0 heterocycles. The average Bonchev–Trinajstić information content (AvgIpc) is 2.15. The number of nitrogens with zero attached hydrogens (tertiary/aromatic N) is 6. The van der Waals surface area contributed by atoms with Gasteiger partial charge in [-0.05, 0) is 0 Å². The van der Waals surface area contributed by atoms with Gasteiger partial charge in [0.2, 0.25) is 0 Å². The maximum absolute atomic E-state index is 11.1. The van der Waals surface area contributed by atoms with E-state index >= 15 is 0 Å². The van der Waals surface area contributed by atoms with Crippen LogP contribution in [-0.4, -0.2) is 51.1 Å². The number of hydrogen-bond acceptors (Lipinski definition) is 12. The van der Waals surface area contributed by atoms with Crippen LogP contribution in [0.1, 0.15) is 0 Å². The SMILES string of the molecule is O=[N+]([O-])[Ir]([N+](=O)[O-])([N+](=O)[O-])([N+](=O)[O-])([N+](=O)[O-])[N+](=O)[O-].[NaH]. The summed E-state index contributed by atoms with van der Waals surface area (Å²) < 4.78 is -19.2. The third-order valence-corrected chi connectivity index (χ3v) is 13.4. The summed E-state index contributed by atoms with van der Waals surface area (Å²) in [5.41, 5.74) is 0. The summed E-state index contributed by atoms with van der Waals surface area (Å²) in [6.45, 7) is 0. The van der Waals surface area contributed by atoms with Crippen molar-refractivity contribution in [2.45, 2.75) is 0 Å². The summed E-state index contributed by atoms with van der Waals surface area (Å²) in [7, 11) is 0. The molecular formula is HIrN6NaO12. The molecule has 113 valence electrons. The Morgan fingerprint density at radius 3 is 0.550 bits per heavy atom. The molecule has 0 saturated carbocycles. The Kier molecular flexibility index (Phi) is 4.64. The Labute approximate surface area is 126 Å². The third-order valence-electron chi connectivity index (χ3n) is 1.63. The summed E-state index contributed by atoms with van der Waals surface area (Å²) in [5.74, 6) is 0. The van der Waals surface area contributed by atoms with Gasteiger partial charge in [0.05, 0.1) is 0 Å². The fraction of sp³-hybridized carbons (Fsp3) is 0. The van der Waals surface area contributed by atoms with E-state index in [2.05, 4.69) is 0 Å². The first-order valence-electron chi connectivity index (χ1n) is 3.09. The van der Waals surface area contributed by atoms with Crippen LogP contribution >= 0.6 is 0 Å². The molecule has 0 unspecified atom stereocenters. The maximum atomic E-state index is 10.6. The van der Waals surface area contributed by atoms with Gasteiger partial charge in [0.15, 0.2) is 0 Å². The first kappa shape index (κ1) is 20.4. The van der Waals surface area contributed by atoms with Crippen LogP contribution < -0.4 is 0 Å². The molecule has 0 rings (SSSR count). The van der Waals surface area contributed by atoms with Gasteiger partial charge in [-0.3, -0.25) is 0 Å². The second kappa shape index (κ2) is 4.56. The molecule has 0 N–H and O–H groups in total. The van der Waals surface area contributed by atoms with E-state index in [1.165, 1.54) is 0 Å². The first-order valence-corrected chi connectivity index (χ1v) is 9.51. The van der Waals surface area contributed by atoms with Crippen LogP contribution in [0.3, 0.4) is 0 Å². The summed E-state index contributed by atoms with van der Waals surface area (Å²) >= 11 is -11.1. The molecule has 0 aromatic heterocycles. The summed E-state index contributed by atoms with van der Waals surface area (Å²) in [6.07, 6.45) is 0. The van der Waals surface area contributed by atoms with Crippen molar-refractivity contribution in [1.29, 1.82) is 0 Å². The molecule has 0 aromatic carbocycles. The fourth-order valence-electron chi connectivity index (χ4n) is 0.667. The van der Waals surface area contributed by atoms with Crippen molar-refractivity contribution in [3.8, 4) is 0 Å². The second-order valence-electron chi connectivity index (χ2n) is 2.18. The molecule has 0 aliphatic rings. The third kappa shape index (κ3) is 1.08. The molecule has 20 heteroatoms. The molecule has 0 bridgehead atoms. The van der Waals surface area contributed by atoms with Crippen LogP contribution in [0.4, 0.5) is 0 Å². The normalized spacial score (nSPS) is 13.8. The van der Waals surface area contributed by atoms with Gasteiger partial charge in [0.25, 0.3) is 0 Å². The molecule has 0 spiro atoms. The molecular weight excluding hydrogens is 491 g/mol. The standard InChI is InChI=1S/Ir.6NO2.Na.H/c;6*2-1-3;;. The van der Waals surface area contributed by atoms with Crippen LogP contribution in [0.5, 0.6) is 0 Å². The van der Waals surface area contributed by atoms with Crippen molar-refractivity contribution in [3.63, 3.8) is 0 Å². The number of nitro groups is 6. The van der Waals surface area contributed by atoms with Gasteiger partial charge in [-0.2, -0.15) is 0 Å². The zero-order valence-electron chi connectivity index (χ0n) is 7.92. The molecule has 0 atom stereocenters. The predicted molar refractivity (Wildman–Crippen MR) is 49.1 cm³/mol. The van der Waals surface area contributed by atoms with Crippen molar-refractivity contribution in [2.75, 3.05) is 0 Å². The molecule has 0 saturated heterocycles. The number of rotatable bonds is 6. The van der Waals surface area contributed by atoms with Gasteiger partial charge in [0, 0.05) is 0 Å². The van der Waals surface area contributed by atoms with E-state index in [-0.39, 0.29) is 29.6 Å². The summed E-state index contributed by atoms with van der Waals surface area (Å²) in [6, 6.07) is 0. The van der Waals surface area contributed by atoms with Gasteiger partial charge < -0.3 is 0 Å². The van der Waals surface area contributed by atoms with Crippen molar-refractivity contribution < 1.29 is 35.9 Å². The fourth-order valence-corrected chi connectivity index (χ4v) is 5.46. The monoisotopic (exact) mass is 493 g/mol. The molecule has 0 radical (unpaired) electrons. The molecule has 0 fully saturated rings. The Balaban J connectivity index is 0. The Bertz CT molecular complexity index is 431. The summed E-state index contributed by atoms with van der Waals surface area (Å²) in [4.78, 5) is 63.3. The quantitative estimate of drug-likeness (QED) is 0.216. The van der Waals surface area contributed by atoms with Gasteiger partial charge in [-0.25, -0.2) is 0 Å². The van der Waals surface area contributed by atoms with E-state index in [9.17, 15) is 60.7 Å². The topological polar surface area (TPSA) is 259 Å². The molecule has 0 amide bonds. The molecule has 0 aromatic rings. The van der Waals surface area contributed by atoms with E-state index in [4.69, 9.17) is 0 Å². The van der Waals surface area contributed by atoms with E-state index in [0.29, 0.717) is 0 Å². The van der Waals surface area contributed by atoms with Gasteiger partial charge >= 0.3 is 126 Å². The molecule has 0 aliphatic carbocycles. The Morgan fingerprint density at radius 2 is 0.550 bits per heavy atom. The minimum atomic E-state index is -11.1. The van der Waals surface area contributed by atoms with Crippen LogP contribution in [0, 0.1) is 60.7 Å². The predicted octanol–water partition coefficient (Wildman–Crippen LogP) is -2.29. The number of hydrogen-bond donors (Lipinski definition) is 0. The van der Waals surface area contributed by atoms with Crippen LogP contribution in [0.2, 0.25) is 0 Å². The minimum absolute atomic E-state index is 0. The molecule has 0 aliphatic heterocycles. The van der Waals surface area contributed by atoms with Gasteiger partial charge in [-0.15, -0.1) is 0 Å². The van der Waals surface area contributed by atoms with Crippen LogP contribution in [-0.2, 0) is 14.3 Å². The van der Waals surface area contributed by atoms with Crippen LogP contribution in [0.25, 0.3) is 0 Å². The van der Waals surface area contributed by atoms with Crippen LogP contribution in [0.15, 0.2) is 0 Å². The zero-order chi connectivity index (χ0) is 15.9. The van der Waals surface area contributed by atoms with E-state index in [1.807, 2.05) is 0 Å². The van der Waals surface area contributed by atoms with Crippen molar-refractivity contribution in [2.24, 2.45) is 0 Å². The van der Waals surface area contributed by atoms with E-state index in [1.54, 1.807) is 0 Å². The first-order chi connectivity index (χ1) is 8.34. The summed E-state index contributed by atoms with van der Waals surface area (Å²) in [5, 5.41) is 63.3. The van der Waals surface area contributed by atoms with Gasteiger partial charge in [-0.1, -0.05) is 0 Å². The molecule has 20 heavy (non-hydrogen) atoms. The zero-order valence-corrected chi connectivity index (χ0v) is 10.3. The van der Waals surface area contributed by atoms with Crippen molar-refractivity contribution >= 4 is 29.6 Å². The van der Waals surface area contributed by atoms with Crippen molar-refractivity contribution in [1.82, 2.24) is 0 Å². The second-order valence-corrected chi connectivity index (χ2v) is 14.6. The molecule has 18 nitrogen and oxygen atoms in total.